The van der Waals surface area contributed by atoms with Crippen molar-refractivity contribution >= 4 is 10.8 Å². The van der Waals surface area contributed by atoms with E-state index in [0.29, 0.717) is 29.7 Å². The van der Waals surface area contributed by atoms with Gasteiger partial charge in [0.25, 0.3) is 0 Å². The molecule has 4 aromatic carbocycles. The second kappa shape index (κ2) is 8.97. The fourth-order valence-corrected chi connectivity index (χ4v) is 3.39. The van der Waals surface area contributed by atoms with E-state index in [2.05, 4.69) is 11.8 Å². The Hall–Kier alpha value is -3.71. The van der Waals surface area contributed by atoms with E-state index in [0.717, 1.165) is 21.9 Å². The summed E-state index contributed by atoms with van der Waals surface area (Å²) in [4.78, 5) is 0. The highest BCUT2D eigenvalue weighted by Gasteiger charge is 2.07. The van der Waals surface area contributed by atoms with E-state index in [-0.39, 0.29) is 11.6 Å². The van der Waals surface area contributed by atoms with Gasteiger partial charge in [-0.05, 0) is 77.2 Å². The SMILES string of the molecule is COc1ccc(CCc2ccc(C#Cc3ccc4cc(F)ccc4c3)c(F)c2)c(F)c1. The molecule has 0 saturated heterocycles. The molecule has 0 aliphatic rings. The number of benzene rings is 4. The molecule has 0 spiro atoms. The van der Waals surface area contributed by atoms with E-state index < -0.39 is 5.82 Å². The molecule has 0 radical (unpaired) electrons. The maximum atomic E-state index is 14.5. The van der Waals surface area contributed by atoms with Crippen molar-refractivity contribution in [1.29, 1.82) is 0 Å². The number of methoxy groups -OCH3 is 1. The largest absolute Gasteiger partial charge is 0.497 e. The van der Waals surface area contributed by atoms with Gasteiger partial charge in [0, 0.05) is 11.6 Å². The number of hydrogen-bond donors (Lipinski definition) is 0. The first kappa shape index (κ1) is 20.6. The van der Waals surface area contributed by atoms with Crippen LogP contribution < -0.4 is 4.74 Å². The lowest BCUT2D eigenvalue weighted by molar-refractivity contribution is 0.410. The summed E-state index contributed by atoms with van der Waals surface area (Å²) in [5, 5.41) is 1.66. The predicted molar refractivity (Wildman–Crippen MR) is 117 cm³/mol. The molecule has 0 amide bonds. The lowest BCUT2D eigenvalue weighted by Gasteiger charge is -2.06. The van der Waals surface area contributed by atoms with E-state index in [4.69, 9.17) is 4.74 Å². The summed E-state index contributed by atoms with van der Waals surface area (Å²) in [6, 6.07) is 19.6. The zero-order valence-electron chi connectivity index (χ0n) is 16.9. The molecule has 0 aliphatic heterocycles. The molecule has 0 bridgehead atoms. The third kappa shape index (κ3) is 4.90. The molecule has 0 aromatic heterocycles. The number of rotatable bonds is 4. The van der Waals surface area contributed by atoms with Crippen molar-refractivity contribution in [1.82, 2.24) is 0 Å². The smallest absolute Gasteiger partial charge is 0.139 e. The molecule has 1 nitrogen and oxygen atoms in total. The second-order valence-corrected chi connectivity index (χ2v) is 7.23. The lowest BCUT2D eigenvalue weighted by atomic mass is 10.0. The van der Waals surface area contributed by atoms with Gasteiger partial charge < -0.3 is 4.74 Å². The Bertz CT molecular complexity index is 1320. The molecule has 4 aromatic rings. The van der Waals surface area contributed by atoms with E-state index in [1.807, 2.05) is 6.07 Å². The van der Waals surface area contributed by atoms with Crippen LogP contribution in [-0.4, -0.2) is 7.11 Å². The number of ether oxygens (including phenoxy) is 1. The van der Waals surface area contributed by atoms with Gasteiger partial charge in [-0.2, -0.15) is 0 Å². The number of aryl methyl sites for hydroxylation is 2. The summed E-state index contributed by atoms with van der Waals surface area (Å²) in [6.45, 7) is 0. The maximum absolute atomic E-state index is 14.5. The zero-order valence-corrected chi connectivity index (χ0v) is 16.9. The van der Waals surface area contributed by atoms with Gasteiger partial charge in [-0.25, -0.2) is 13.2 Å². The number of fused-ring (bicyclic) bond motifs is 1. The van der Waals surface area contributed by atoms with Crippen LogP contribution in [0.15, 0.2) is 72.8 Å². The van der Waals surface area contributed by atoms with Crippen molar-refractivity contribution in [2.75, 3.05) is 7.11 Å². The van der Waals surface area contributed by atoms with Crippen LogP contribution in [0.2, 0.25) is 0 Å². The average molecular weight is 416 g/mol. The van der Waals surface area contributed by atoms with E-state index in [9.17, 15) is 13.2 Å². The van der Waals surface area contributed by atoms with E-state index >= 15 is 0 Å². The van der Waals surface area contributed by atoms with Crippen LogP contribution in [0.25, 0.3) is 10.8 Å². The monoisotopic (exact) mass is 416 g/mol. The third-order valence-corrected chi connectivity index (χ3v) is 5.12. The van der Waals surface area contributed by atoms with Crippen LogP contribution in [0.3, 0.4) is 0 Å². The van der Waals surface area contributed by atoms with Crippen molar-refractivity contribution in [3.8, 4) is 17.6 Å². The molecule has 0 atom stereocenters. The lowest BCUT2D eigenvalue weighted by Crippen LogP contribution is -1.97. The Morgan fingerprint density at radius 1 is 0.710 bits per heavy atom. The van der Waals surface area contributed by atoms with Gasteiger partial charge in [0.1, 0.15) is 23.2 Å². The van der Waals surface area contributed by atoms with Crippen molar-refractivity contribution in [3.05, 3.63) is 113 Å². The fourth-order valence-electron chi connectivity index (χ4n) is 3.39. The molecule has 31 heavy (non-hydrogen) atoms. The minimum Gasteiger partial charge on any atom is -0.497 e. The highest BCUT2D eigenvalue weighted by Crippen LogP contribution is 2.20. The van der Waals surface area contributed by atoms with E-state index in [1.54, 1.807) is 42.5 Å². The Balaban J connectivity index is 1.48. The van der Waals surface area contributed by atoms with Crippen molar-refractivity contribution in [3.63, 3.8) is 0 Å². The normalized spacial score (nSPS) is 10.6. The van der Waals surface area contributed by atoms with E-state index in [1.165, 1.54) is 31.4 Å². The van der Waals surface area contributed by atoms with Gasteiger partial charge in [-0.15, -0.1) is 0 Å². The molecule has 0 unspecified atom stereocenters. The van der Waals surface area contributed by atoms with Gasteiger partial charge in [0.05, 0.1) is 12.7 Å². The summed E-state index contributed by atoms with van der Waals surface area (Å²) in [5.74, 6) is 5.25. The highest BCUT2D eigenvalue weighted by atomic mass is 19.1. The van der Waals surface area contributed by atoms with Gasteiger partial charge >= 0.3 is 0 Å². The molecular formula is C27H19F3O. The number of halogens is 3. The van der Waals surface area contributed by atoms with Crippen LogP contribution >= 0.6 is 0 Å². The standard InChI is InChI=1S/C27H19F3O/c1-31-25-13-11-21(27(30)17-25)8-4-19-3-7-20(26(29)15-19)6-2-18-5-9-23-16-24(28)12-10-22(23)14-18/h3,5,7,9-17H,4,8H2,1H3. The number of hydrogen-bond acceptors (Lipinski definition) is 1. The molecule has 154 valence electrons. The predicted octanol–water partition coefficient (Wildman–Crippen LogP) is 6.45. The Morgan fingerprint density at radius 2 is 1.52 bits per heavy atom. The van der Waals surface area contributed by atoms with Gasteiger partial charge in [-0.1, -0.05) is 36.1 Å². The topological polar surface area (TPSA) is 9.23 Å². The summed E-state index contributed by atoms with van der Waals surface area (Å²) >= 11 is 0. The molecule has 0 N–H and O–H groups in total. The van der Waals surface area contributed by atoms with Crippen LogP contribution in [0, 0.1) is 29.3 Å². The zero-order chi connectivity index (χ0) is 21.8. The van der Waals surface area contributed by atoms with Crippen LogP contribution in [-0.2, 0) is 12.8 Å². The van der Waals surface area contributed by atoms with Crippen molar-refractivity contribution in [2.24, 2.45) is 0 Å². The van der Waals surface area contributed by atoms with Crippen LogP contribution in [0.4, 0.5) is 13.2 Å². The Kier molecular flexibility index (Phi) is 5.95. The molecule has 0 aliphatic carbocycles. The first-order chi connectivity index (χ1) is 15.0. The summed E-state index contributed by atoms with van der Waals surface area (Å²) in [7, 11) is 1.49. The van der Waals surface area contributed by atoms with Crippen LogP contribution in [0.1, 0.15) is 22.3 Å². The maximum Gasteiger partial charge on any atom is 0.139 e. The summed E-state index contributed by atoms with van der Waals surface area (Å²) < 4.78 is 46.9. The molecule has 4 rings (SSSR count). The first-order valence-corrected chi connectivity index (χ1v) is 9.84. The van der Waals surface area contributed by atoms with Crippen molar-refractivity contribution in [2.45, 2.75) is 12.8 Å². The van der Waals surface area contributed by atoms with Crippen LogP contribution in [0.5, 0.6) is 5.75 Å². The second-order valence-electron chi connectivity index (χ2n) is 7.23. The molecule has 0 heterocycles. The van der Waals surface area contributed by atoms with Crippen molar-refractivity contribution < 1.29 is 17.9 Å². The molecule has 0 fully saturated rings. The quantitative estimate of drug-likeness (QED) is 0.347. The van der Waals surface area contributed by atoms with Gasteiger partial charge in [0.2, 0.25) is 0 Å². The Morgan fingerprint density at radius 3 is 2.29 bits per heavy atom. The minimum atomic E-state index is -0.414. The third-order valence-electron chi connectivity index (χ3n) is 5.12. The molecule has 4 heteroatoms. The highest BCUT2D eigenvalue weighted by molar-refractivity contribution is 5.84. The van der Waals surface area contributed by atoms with Gasteiger partial charge in [0.15, 0.2) is 0 Å². The minimum absolute atomic E-state index is 0.289. The summed E-state index contributed by atoms with van der Waals surface area (Å²) in [5.41, 5.74) is 2.34. The molecular weight excluding hydrogens is 397 g/mol. The summed E-state index contributed by atoms with van der Waals surface area (Å²) in [6.07, 6.45) is 0.965. The molecule has 0 saturated carbocycles. The fraction of sp³-hybridized carbons (Fsp3) is 0.111. The average Bonchev–Trinajstić information content (AvgIpc) is 2.77. The van der Waals surface area contributed by atoms with Gasteiger partial charge in [-0.3, -0.25) is 0 Å². The Labute approximate surface area is 179 Å². The first-order valence-electron chi connectivity index (χ1n) is 9.84.